The maximum absolute atomic E-state index is 13.4. The van der Waals surface area contributed by atoms with Crippen LogP contribution in [0, 0.1) is 12.8 Å². The number of hydrogen-bond acceptors (Lipinski definition) is 5. The summed E-state index contributed by atoms with van der Waals surface area (Å²) >= 11 is 7.63. The van der Waals surface area contributed by atoms with Gasteiger partial charge in [-0.2, -0.15) is 0 Å². The Kier molecular flexibility index (Phi) is 9.00. The lowest BCUT2D eigenvalue weighted by Gasteiger charge is -2.28. The van der Waals surface area contributed by atoms with Crippen LogP contribution in [0.2, 0.25) is 5.02 Å². The van der Waals surface area contributed by atoms with Gasteiger partial charge in [-0.3, -0.25) is 19.3 Å². The summed E-state index contributed by atoms with van der Waals surface area (Å²) in [6.45, 7) is 7.18. The van der Waals surface area contributed by atoms with Crippen molar-refractivity contribution in [2.24, 2.45) is 5.92 Å². The van der Waals surface area contributed by atoms with E-state index in [4.69, 9.17) is 11.6 Å². The Hall–Kier alpha value is -2.74. The summed E-state index contributed by atoms with van der Waals surface area (Å²) in [5.74, 6) is -0.394. The molecule has 2 aromatic carbocycles. The number of carbonyl (C=O) groups is 3. The molecule has 1 fully saturated rings. The molecular formula is C29H34ClN3O3S. The topological polar surface area (TPSA) is 78.5 Å². The third-order valence-corrected chi connectivity index (χ3v) is 8.82. The Balaban J connectivity index is 1.42. The van der Waals surface area contributed by atoms with Gasteiger partial charge in [-0.25, -0.2) is 0 Å². The normalized spacial score (nSPS) is 17.5. The first-order valence-electron chi connectivity index (χ1n) is 12.9. The maximum Gasteiger partial charge on any atom is 0.243 e. The zero-order valence-electron chi connectivity index (χ0n) is 21.6. The van der Waals surface area contributed by atoms with Crippen molar-refractivity contribution < 1.29 is 14.4 Å². The largest absolute Gasteiger partial charge is 0.350 e. The minimum Gasteiger partial charge on any atom is -0.350 e. The average molecular weight is 540 g/mol. The van der Waals surface area contributed by atoms with Crippen molar-refractivity contribution in [3.05, 3.63) is 69.6 Å². The number of thiophene rings is 1. The lowest BCUT2D eigenvalue weighted by molar-refractivity contribution is -0.132. The fourth-order valence-corrected chi connectivity index (χ4v) is 6.17. The van der Waals surface area contributed by atoms with Gasteiger partial charge in [-0.1, -0.05) is 62.2 Å². The predicted molar refractivity (Wildman–Crippen MR) is 150 cm³/mol. The van der Waals surface area contributed by atoms with Gasteiger partial charge in [0.15, 0.2) is 5.78 Å². The summed E-state index contributed by atoms with van der Waals surface area (Å²) in [6, 6.07) is 14.3. The zero-order valence-corrected chi connectivity index (χ0v) is 23.1. The summed E-state index contributed by atoms with van der Waals surface area (Å²) in [5, 5.41) is 7.62. The van der Waals surface area contributed by atoms with Crippen molar-refractivity contribution in [3.63, 3.8) is 0 Å². The van der Waals surface area contributed by atoms with Crippen LogP contribution in [0.15, 0.2) is 48.5 Å². The van der Waals surface area contributed by atoms with Crippen LogP contribution in [0.4, 0.5) is 0 Å². The molecule has 3 aromatic rings. The molecular weight excluding hydrogens is 506 g/mol. The Morgan fingerprint density at radius 2 is 1.92 bits per heavy atom. The Morgan fingerprint density at radius 1 is 1.16 bits per heavy atom. The second-order valence-electron chi connectivity index (χ2n) is 9.82. The van der Waals surface area contributed by atoms with Crippen LogP contribution in [0.3, 0.4) is 0 Å². The van der Waals surface area contributed by atoms with Gasteiger partial charge in [0.25, 0.3) is 0 Å². The van der Waals surface area contributed by atoms with Gasteiger partial charge in [0.1, 0.15) is 6.04 Å². The van der Waals surface area contributed by atoms with Gasteiger partial charge in [0, 0.05) is 16.3 Å². The van der Waals surface area contributed by atoms with Gasteiger partial charge in [-0.15, -0.1) is 11.3 Å². The second kappa shape index (κ2) is 12.2. The van der Waals surface area contributed by atoms with Gasteiger partial charge >= 0.3 is 0 Å². The monoisotopic (exact) mass is 539 g/mol. The van der Waals surface area contributed by atoms with E-state index < -0.39 is 12.1 Å². The molecule has 6 nitrogen and oxygen atoms in total. The van der Waals surface area contributed by atoms with E-state index in [9.17, 15) is 14.4 Å². The number of aryl methyl sites for hydroxylation is 1. The number of hydrogen-bond donors (Lipinski definition) is 2. The molecule has 2 amide bonds. The first-order chi connectivity index (χ1) is 17.8. The number of nitrogens with one attached hydrogen (secondary N) is 2. The van der Waals surface area contributed by atoms with E-state index in [0.29, 0.717) is 29.4 Å². The number of carbonyl (C=O) groups excluding carboxylic acids is 3. The van der Waals surface area contributed by atoms with Crippen LogP contribution >= 0.6 is 22.9 Å². The minimum atomic E-state index is -0.631. The smallest absolute Gasteiger partial charge is 0.243 e. The van der Waals surface area contributed by atoms with Crippen molar-refractivity contribution in [2.45, 2.75) is 58.7 Å². The van der Waals surface area contributed by atoms with Crippen LogP contribution < -0.4 is 10.6 Å². The molecule has 8 heteroatoms. The highest BCUT2D eigenvalue weighted by Gasteiger charge is 2.35. The molecule has 4 rings (SSSR count). The zero-order chi connectivity index (χ0) is 26.5. The predicted octanol–water partition coefficient (Wildman–Crippen LogP) is 5.36. The van der Waals surface area contributed by atoms with Crippen LogP contribution in [0.5, 0.6) is 0 Å². The number of benzene rings is 2. The SMILES string of the molecule is CCC(C)[C@H](NC(=O)[C@@H]1CCCN1CC(=O)c1sc2ccc(Cl)cc2c1C)C(=O)NCc1ccccc1. The van der Waals surface area contributed by atoms with E-state index in [1.807, 2.05) is 74.2 Å². The molecule has 37 heavy (non-hydrogen) atoms. The van der Waals surface area contributed by atoms with Crippen LogP contribution in [0.25, 0.3) is 10.1 Å². The molecule has 1 unspecified atom stereocenters. The van der Waals surface area contributed by atoms with E-state index in [-0.39, 0.29) is 30.1 Å². The highest BCUT2D eigenvalue weighted by atomic mass is 35.5. The summed E-state index contributed by atoms with van der Waals surface area (Å²) in [5.41, 5.74) is 1.93. The standard InChI is InChI=1S/C29H34ClN3O3S/c1-4-18(2)26(29(36)31-16-20-9-6-5-7-10-20)32-28(35)23-11-8-14-33(23)17-24(34)27-19(3)22-15-21(30)12-13-25(22)37-27/h5-7,9-10,12-13,15,18,23,26H,4,8,11,14,16-17H2,1-3H3,(H,31,36)(H,32,35)/t18?,23-,26-/m0/s1. The number of fused-ring (bicyclic) bond motifs is 1. The highest BCUT2D eigenvalue weighted by Crippen LogP contribution is 2.33. The highest BCUT2D eigenvalue weighted by molar-refractivity contribution is 7.21. The van der Waals surface area contributed by atoms with Gasteiger partial charge in [-0.05, 0) is 66.9 Å². The number of nitrogens with zero attached hydrogens (tertiary/aromatic N) is 1. The minimum absolute atomic E-state index is 0.00797. The first kappa shape index (κ1) is 27.3. The third-order valence-electron chi connectivity index (χ3n) is 7.27. The number of ketones is 1. The van der Waals surface area contributed by atoms with Gasteiger partial charge < -0.3 is 10.6 Å². The molecule has 0 bridgehead atoms. The van der Waals surface area contributed by atoms with Gasteiger partial charge in [0.2, 0.25) is 11.8 Å². The third kappa shape index (κ3) is 6.40. The van der Waals surface area contributed by atoms with Crippen molar-refractivity contribution in [1.82, 2.24) is 15.5 Å². The van der Waals surface area contributed by atoms with Crippen LogP contribution in [0.1, 0.15) is 53.9 Å². The molecule has 2 N–H and O–H groups in total. The molecule has 1 saturated heterocycles. The van der Waals surface area contributed by atoms with E-state index in [1.165, 1.54) is 11.3 Å². The molecule has 196 valence electrons. The molecule has 3 atom stereocenters. The lowest BCUT2D eigenvalue weighted by Crippen LogP contribution is -2.54. The number of halogens is 1. The van der Waals surface area contributed by atoms with Crippen LogP contribution in [-0.4, -0.2) is 47.7 Å². The Morgan fingerprint density at radius 3 is 2.65 bits per heavy atom. The summed E-state index contributed by atoms with van der Waals surface area (Å²) in [6.07, 6.45) is 2.26. The molecule has 0 saturated carbocycles. The van der Waals surface area contributed by atoms with E-state index in [2.05, 4.69) is 10.6 Å². The summed E-state index contributed by atoms with van der Waals surface area (Å²) < 4.78 is 1.03. The number of Topliss-reactive ketones (excluding diaryl/α,β-unsaturated/α-hetero) is 1. The first-order valence-corrected chi connectivity index (χ1v) is 14.1. The fourth-order valence-electron chi connectivity index (χ4n) is 4.87. The number of amides is 2. The second-order valence-corrected chi connectivity index (χ2v) is 11.3. The molecule has 1 aliphatic rings. The van der Waals surface area contributed by atoms with Gasteiger partial charge in [0.05, 0.1) is 17.5 Å². The number of rotatable bonds is 10. The van der Waals surface area contributed by atoms with E-state index in [0.717, 1.165) is 34.1 Å². The van der Waals surface area contributed by atoms with Crippen molar-refractivity contribution in [1.29, 1.82) is 0 Å². The summed E-state index contributed by atoms with van der Waals surface area (Å²) in [7, 11) is 0. The quantitative estimate of drug-likeness (QED) is 0.340. The van der Waals surface area contributed by atoms with E-state index in [1.54, 1.807) is 0 Å². The van der Waals surface area contributed by atoms with Crippen molar-refractivity contribution in [2.75, 3.05) is 13.1 Å². The molecule has 0 radical (unpaired) electrons. The van der Waals surface area contributed by atoms with E-state index >= 15 is 0 Å². The Labute approximate surface area is 227 Å². The fraction of sp³-hybridized carbons (Fsp3) is 0.414. The molecule has 0 spiro atoms. The molecule has 2 heterocycles. The number of likely N-dealkylation sites (tertiary alicyclic amines) is 1. The Bertz CT molecular complexity index is 1280. The van der Waals surface area contributed by atoms with Crippen molar-refractivity contribution in [3.8, 4) is 0 Å². The molecule has 1 aromatic heterocycles. The van der Waals surface area contributed by atoms with Crippen molar-refractivity contribution >= 4 is 50.6 Å². The molecule has 1 aliphatic heterocycles. The maximum atomic E-state index is 13.4. The lowest BCUT2D eigenvalue weighted by atomic mass is 9.97. The molecule has 0 aliphatic carbocycles. The average Bonchev–Trinajstić information content (AvgIpc) is 3.50. The summed E-state index contributed by atoms with van der Waals surface area (Å²) in [4.78, 5) is 42.4. The van der Waals surface area contributed by atoms with Crippen LogP contribution in [-0.2, 0) is 16.1 Å².